The summed E-state index contributed by atoms with van der Waals surface area (Å²) >= 11 is 0. The van der Waals surface area contributed by atoms with Gasteiger partial charge in [-0.25, -0.2) is 0 Å². The molecule has 9 nitrogen and oxygen atoms in total. The van der Waals surface area contributed by atoms with E-state index in [1.165, 1.54) is 0 Å². The SMILES string of the molecule is CN=C(NCc1cccc(OCC(N)=O)c1)N1CCN(Cc2ccon2)CC1. The van der Waals surface area contributed by atoms with Crippen LogP contribution in [0, 0.1) is 0 Å². The highest BCUT2D eigenvalue weighted by Crippen LogP contribution is 2.13. The van der Waals surface area contributed by atoms with Crippen molar-refractivity contribution in [3.8, 4) is 5.75 Å². The zero-order valence-corrected chi connectivity index (χ0v) is 16.0. The van der Waals surface area contributed by atoms with Gasteiger partial charge in [-0.1, -0.05) is 17.3 Å². The van der Waals surface area contributed by atoms with Crippen molar-refractivity contribution in [3.63, 3.8) is 0 Å². The van der Waals surface area contributed by atoms with E-state index in [1.54, 1.807) is 19.4 Å². The van der Waals surface area contributed by atoms with Gasteiger partial charge in [0.2, 0.25) is 0 Å². The van der Waals surface area contributed by atoms with Crippen molar-refractivity contribution in [1.29, 1.82) is 0 Å². The fourth-order valence-electron chi connectivity index (χ4n) is 3.08. The van der Waals surface area contributed by atoms with Gasteiger partial charge in [0.05, 0.1) is 5.69 Å². The summed E-state index contributed by atoms with van der Waals surface area (Å²) in [4.78, 5) is 19.8. The van der Waals surface area contributed by atoms with Gasteiger partial charge < -0.3 is 25.2 Å². The lowest BCUT2D eigenvalue weighted by atomic mass is 10.2. The minimum absolute atomic E-state index is 0.128. The van der Waals surface area contributed by atoms with Crippen LogP contribution in [-0.2, 0) is 17.9 Å². The minimum atomic E-state index is -0.494. The zero-order chi connectivity index (χ0) is 19.8. The quantitative estimate of drug-likeness (QED) is 0.525. The molecule has 0 atom stereocenters. The maximum Gasteiger partial charge on any atom is 0.255 e. The van der Waals surface area contributed by atoms with E-state index in [-0.39, 0.29) is 6.61 Å². The van der Waals surface area contributed by atoms with Gasteiger partial charge in [-0.15, -0.1) is 0 Å². The molecule has 150 valence electrons. The number of nitrogens with two attached hydrogens (primary N) is 1. The Morgan fingerprint density at radius 3 is 2.82 bits per heavy atom. The lowest BCUT2D eigenvalue weighted by molar-refractivity contribution is -0.119. The maximum atomic E-state index is 10.9. The molecule has 1 aromatic heterocycles. The van der Waals surface area contributed by atoms with Crippen molar-refractivity contribution >= 4 is 11.9 Å². The Balaban J connectivity index is 1.47. The highest BCUT2D eigenvalue weighted by atomic mass is 16.5. The molecule has 1 saturated heterocycles. The van der Waals surface area contributed by atoms with Crippen LogP contribution in [0.5, 0.6) is 5.75 Å². The van der Waals surface area contributed by atoms with Gasteiger partial charge >= 0.3 is 0 Å². The standard InChI is InChI=1S/C19H26N6O3/c1-21-19(22-12-15-3-2-4-17(11-15)27-14-18(20)26)25-8-6-24(7-9-25)13-16-5-10-28-23-16/h2-5,10-11H,6-9,12-14H2,1H3,(H2,20,26)(H,21,22). The van der Waals surface area contributed by atoms with Crippen LogP contribution in [0.1, 0.15) is 11.3 Å². The third kappa shape index (κ3) is 5.71. The van der Waals surface area contributed by atoms with Crippen molar-refractivity contribution in [2.24, 2.45) is 10.7 Å². The van der Waals surface area contributed by atoms with Crippen LogP contribution in [-0.4, -0.2) is 66.7 Å². The normalized spacial score (nSPS) is 15.5. The summed E-state index contributed by atoms with van der Waals surface area (Å²) in [6, 6.07) is 9.47. The van der Waals surface area contributed by atoms with Crippen molar-refractivity contribution in [2.75, 3.05) is 39.8 Å². The summed E-state index contributed by atoms with van der Waals surface area (Å²) in [6.07, 6.45) is 1.60. The summed E-state index contributed by atoms with van der Waals surface area (Å²) in [5.74, 6) is 0.991. The highest BCUT2D eigenvalue weighted by Gasteiger charge is 2.20. The molecule has 0 radical (unpaired) electrons. The topological polar surface area (TPSA) is 109 Å². The summed E-state index contributed by atoms with van der Waals surface area (Å²) < 4.78 is 10.2. The molecule has 2 aromatic rings. The third-order valence-corrected chi connectivity index (χ3v) is 4.49. The first-order valence-electron chi connectivity index (χ1n) is 9.21. The van der Waals surface area contributed by atoms with Gasteiger partial charge in [-0.3, -0.25) is 14.7 Å². The second-order valence-corrected chi connectivity index (χ2v) is 6.56. The van der Waals surface area contributed by atoms with Crippen LogP contribution in [0.4, 0.5) is 0 Å². The molecule has 3 rings (SSSR count). The van der Waals surface area contributed by atoms with Gasteiger partial charge in [0, 0.05) is 52.4 Å². The van der Waals surface area contributed by atoms with E-state index in [0.717, 1.165) is 49.9 Å². The van der Waals surface area contributed by atoms with E-state index in [0.29, 0.717) is 12.3 Å². The molecular formula is C19H26N6O3. The van der Waals surface area contributed by atoms with Crippen LogP contribution in [0.3, 0.4) is 0 Å². The number of primary amides is 1. The molecule has 1 aliphatic heterocycles. The molecular weight excluding hydrogens is 360 g/mol. The first-order chi connectivity index (χ1) is 13.6. The number of nitrogens with one attached hydrogen (secondary N) is 1. The Hall–Kier alpha value is -3.07. The Morgan fingerprint density at radius 1 is 1.32 bits per heavy atom. The molecule has 1 fully saturated rings. The van der Waals surface area contributed by atoms with E-state index >= 15 is 0 Å². The average Bonchev–Trinajstić information content (AvgIpc) is 3.21. The van der Waals surface area contributed by atoms with Gasteiger partial charge in [-0.2, -0.15) is 0 Å². The van der Waals surface area contributed by atoms with Crippen LogP contribution >= 0.6 is 0 Å². The number of benzene rings is 1. The molecule has 0 aliphatic carbocycles. The second-order valence-electron chi connectivity index (χ2n) is 6.56. The van der Waals surface area contributed by atoms with E-state index in [1.807, 2.05) is 24.3 Å². The summed E-state index contributed by atoms with van der Waals surface area (Å²) in [6.45, 7) is 4.93. The Bertz CT molecular complexity index is 785. The van der Waals surface area contributed by atoms with Gasteiger partial charge in [0.1, 0.15) is 12.0 Å². The summed E-state index contributed by atoms with van der Waals surface area (Å²) in [5, 5.41) is 7.36. The molecule has 28 heavy (non-hydrogen) atoms. The maximum absolute atomic E-state index is 10.9. The van der Waals surface area contributed by atoms with Crippen molar-refractivity contribution < 1.29 is 14.1 Å². The number of piperazine rings is 1. The van der Waals surface area contributed by atoms with Crippen molar-refractivity contribution in [3.05, 3.63) is 47.9 Å². The van der Waals surface area contributed by atoms with E-state index in [9.17, 15) is 4.79 Å². The largest absolute Gasteiger partial charge is 0.484 e. The monoisotopic (exact) mass is 386 g/mol. The number of carbonyl (C=O) groups is 1. The van der Waals surface area contributed by atoms with E-state index in [2.05, 4.69) is 25.3 Å². The van der Waals surface area contributed by atoms with Crippen molar-refractivity contribution in [1.82, 2.24) is 20.3 Å². The van der Waals surface area contributed by atoms with Gasteiger partial charge in [0.15, 0.2) is 12.6 Å². The molecule has 1 aliphatic rings. The van der Waals surface area contributed by atoms with Crippen LogP contribution in [0.25, 0.3) is 0 Å². The molecule has 1 aromatic carbocycles. The average molecular weight is 386 g/mol. The summed E-state index contributed by atoms with van der Waals surface area (Å²) in [7, 11) is 1.79. The van der Waals surface area contributed by atoms with Gasteiger partial charge in [0.25, 0.3) is 5.91 Å². The Kier molecular flexibility index (Phi) is 6.85. The number of hydrogen-bond donors (Lipinski definition) is 2. The molecule has 0 unspecified atom stereocenters. The number of aliphatic imine (C=N–C) groups is 1. The molecule has 3 N–H and O–H groups in total. The van der Waals surface area contributed by atoms with Crippen LogP contribution < -0.4 is 15.8 Å². The molecule has 2 heterocycles. The number of nitrogens with zero attached hydrogens (tertiary/aromatic N) is 4. The van der Waals surface area contributed by atoms with Crippen LogP contribution in [0.15, 0.2) is 46.1 Å². The molecule has 0 bridgehead atoms. The van der Waals surface area contributed by atoms with Crippen molar-refractivity contribution in [2.45, 2.75) is 13.1 Å². The molecule has 9 heteroatoms. The smallest absolute Gasteiger partial charge is 0.255 e. The second kappa shape index (κ2) is 9.75. The fourth-order valence-corrected chi connectivity index (χ4v) is 3.08. The predicted molar refractivity (Wildman–Crippen MR) is 105 cm³/mol. The van der Waals surface area contributed by atoms with Crippen LogP contribution in [0.2, 0.25) is 0 Å². The Labute approximate surface area is 164 Å². The number of rotatable bonds is 7. The fraction of sp³-hybridized carbons (Fsp3) is 0.421. The number of aromatic nitrogens is 1. The first-order valence-corrected chi connectivity index (χ1v) is 9.21. The lowest BCUT2D eigenvalue weighted by Gasteiger charge is -2.36. The molecule has 1 amide bonds. The molecule has 0 saturated carbocycles. The molecule has 0 spiro atoms. The minimum Gasteiger partial charge on any atom is -0.484 e. The first kappa shape index (κ1) is 19.7. The number of ether oxygens (including phenoxy) is 1. The zero-order valence-electron chi connectivity index (χ0n) is 16.0. The predicted octanol–water partition coefficient (Wildman–Crippen LogP) is 0.432. The number of carbonyl (C=O) groups excluding carboxylic acids is 1. The highest BCUT2D eigenvalue weighted by molar-refractivity contribution is 5.80. The van der Waals surface area contributed by atoms with Gasteiger partial charge in [-0.05, 0) is 17.7 Å². The number of amides is 1. The van der Waals surface area contributed by atoms with E-state index < -0.39 is 5.91 Å². The number of guanidine groups is 1. The summed E-state index contributed by atoms with van der Waals surface area (Å²) in [5.41, 5.74) is 7.10. The Morgan fingerprint density at radius 2 is 2.14 bits per heavy atom. The lowest BCUT2D eigenvalue weighted by Crippen LogP contribution is -2.52. The van der Waals surface area contributed by atoms with E-state index in [4.69, 9.17) is 15.0 Å². The number of hydrogen-bond acceptors (Lipinski definition) is 6. The third-order valence-electron chi connectivity index (χ3n) is 4.49.